The Hall–Kier alpha value is -1.84. The molecule has 0 aliphatic heterocycles. The van der Waals surface area contributed by atoms with Gasteiger partial charge in [-0.1, -0.05) is 55.0 Å². The molecule has 2 aromatic rings. The highest BCUT2D eigenvalue weighted by Crippen LogP contribution is 2.29. The van der Waals surface area contributed by atoms with Crippen LogP contribution in [0.4, 0.5) is 0 Å². The summed E-state index contributed by atoms with van der Waals surface area (Å²) in [5.41, 5.74) is 1.66. The van der Waals surface area contributed by atoms with Crippen LogP contribution in [-0.4, -0.2) is 23.4 Å². The summed E-state index contributed by atoms with van der Waals surface area (Å²) in [5, 5.41) is 19.3. The maximum absolute atomic E-state index is 10.5. The molecule has 1 atom stereocenters. The highest BCUT2D eigenvalue weighted by molar-refractivity contribution is 5.40. The van der Waals surface area contributed by atoms with E-state index in [4.69, 9.17) is 9.84 Å². The smallest absolute Gasteiger partial charge is 0.125 e. The van der Waals surface area contributed by atoms with Crippen molar-refractivity contribution in [2.45, 2.75) is 31.8 Å². The second kappa shape index (κ2) is 9.23. The molecule has 0 saturated heterocycles. The van der Waals surface area contributed by atoms with Gasteiger partial charge in [0.1, 0.15) is 11.9 Å². The van der Waals surface area contributed by atoms with Crippen molar-refractivity contribution in [1.29, 1.82) is 0 Å². The number of hydrogen-bond acceptors (Lipinski definition) is 3. The summed E-state index contributed by atoms with van der Waals surface area (Å²) >= 11 is 0. The maximum Gasteiger partial charge on any atom is 0.125 e. The van der Waals surface area contributed by atoms with Crippen LogP contribution in [0, 0.1) is 0 Å². The van der Waals surface area contributed by atoms with Gasteiger partial charge < -0.3 is 14.9 Å². The van der Waals surface area contributed by atoms with Crippen molar-refractivity contribution in [3.63, 3.8) is 0 Å². The van der Waals surface area contributed by atoms with Gasteiger partial charge in [0.2, 0.25) is 0 Å². The lowest BCUT2D eigenvalue weighted by Crippen LogP contribution is -2.05. The fraction of sp³-hybridized carbons (Fsp3) is 0.368. The van der Waals surface area contributed by atoms with Crippen LogP contribution in [0.2, 0.25) is 0 Å². The maximum atomic E-state index is 10.5. The molecule has 0 aliphatic rings. The van der Waals surface area contributed by atoms with Crippen molar-refractivity contribution in [2.24, 2.45) is 0 Å². The van der Waals surface area contributed by atoms with Gasteiger partial charge in [-0.15, -0.1) is 0 Å². The minimum atomic E-state index is -0.674. The van der Waals surface area contributed by atoms with Crippen LogP contribution in [-0.2, 0) is 0 Å². The van der Waals surface area contributed by atoms with E-state index in [0.717, 1.165) is 42.6 Å². The fourth-order valence-electron chi connectivity index (χ4n) is 2.40. The summed E-state index contributed by atoms with van der Waals surface area (Å²) in [5.74, 6) is 0.737. The van der Waals surface area contributed by atoms with Crippen LogP contribution in [0.1, 0.15) is 42.9 Å². The monoisotopic (exact) mass is 300 g/mol. The number of aliphatic hydroxyl groups excluding tert-OH is 2. The molecule has 0 spiro atoms. The lowest BCUT2D eigenvalue weighted by atomic mass is 10.0. The molecule has 1 unspecified atom stereocenters. The standard InChI is InChI=1S/C19H24O3/c20-14-8-1-2-9-15-22-18-13-7-6-12-17(18)19(21)16-10-4-3-5-11-16/h3-7,10-13,19-21H,1-2,8-9,14-15H2. The highest BCUT2D eigenvalue weighted by atomic mass is 16.5. The summed E-state index contributed by atoms with van der Waals surface area (Å²) in [4.78, 5) is 0. The Kier molecular flexibility index (Phi) is 6.94. The quantitative estimate of drug-likeness (QED) is 0.694. The molecule has 0 aliphatic carbocycles. The third-order valence-electron chi connectivity index (χ3n) is 3.64. The van der Waals surface area contributed by atoms with Crippen molar-refractivity contribution >= 4 is 0 Å². The lowest BCUT2D eigenvalue weighted by molar-refractivity contribution is 0.209. The van der Waals surface area contributed by atoms with Gasteiger partial charge >= 0.3 is 0 Å². The molecule has 0 radical (unpaired) electrons. The number of ether oxygens (including phenoxy) is 1. The van der Waals surface area contributed by atoms with E-state index < -0.39 is 6.10 Å². The Morgan fingerprint density at radius 1 is 0.818 bits per heavy atom. The Balaban J connectivity index is 1.95. The topological polar surface area (TPSA) is 49.7 Å². The number of rotatable bonds is 9. The van der Waals surface area contributed by atoms with E-state index in [9.17, 15) is 5.11 Å². The number of aliphatic hydroxyl groups is 2. The summed E-state index contributed by atoms with van der Waals surface area (Å²) in [7, 11) is 0. The largest absolute Gasteiger partial charge is 0.493 e. The first kappa shape index (κ1) is 16.5. The van der Waals surface area contributed by atoms with Crippen molar-refractivity contribution in [3.05, 3.63) is 65.7 Å². The zero-order valence-electron chi connectivity index (χ0n) is 12.8. The van der Waals surface area contributed by atoms with Gasteiger partial charge in [-0.3, -0.25) is 0 Å². The average molecular weight is 300 g/mol. The summed E-state index contributed by atoms with van der Waals surface area (Å²) in [6, 6.07) is 17.2. The van der Waals surface area contributed by atoms with Gasteiger partial charge in [0.05, 0.1) is 6.61 Å². The molecule has 0 heterocycles. The van der Waals surface area contributed by atoms with Gasteiger partial charge in [-0.05, 0) is 30.9 Å². The predicted octanol–water partition coefficient (Wildman–Crippen LogP) is 3.70. The number of unbranched alkanes of at least 4 members (excludes halogenated alkanes) is 3. The fourth-order valence-corrected chi connectivity index (χ4v) is 2.40. The van der Waals surface area contributed by atoms with Crippen molar-refractivity contribution in [1.82, 2.24) is 0 Å². The Bertz CT molecular complexity index is 539. The highest BCUT2D eigenvalue weighted by Gasteiger charge is 2.14. The summed E-state index contributed by atoms with van der Waals surface area (Å²) < 4.78 is 5.84. The number of benzene rings is 2. The van der Waals surface area contributed by atoms with E-state index in [2.05, 4.69) is 0 Å². The SMILES string of the molecule is OCCCCCCOc1ccccc1C(O)c1ccccc1. The molecular weight excluding hydrogens is 276 g/mol. The minimum Gasteiger partial charge on any atom is -0.493 e. The molecule has 0 amide bonds. The summed E-state index contributed by atoms with van der Waals surface area (Å²) in [6.07, 6.45) is 3.20. The lowest BCUT2D eigenvalue weighted by Gasteiger charge is -2.16. The molecule has 118 valence electrons. The first-order valence-corrected chi connectivity index (χ1v) is 7.88. The summed E-state index contributed by atoms with van der Waals surface area (Å²) in [6.45, 7) is 0.886. The van der Waals surface area contributed by atoms with Gasteiger partial charge in [-0.25, -0.2) is 0 Å². The van der Waals surface area contributed by atoms with Gasteiger partial charge in [-0.2, -0.15) is 0 Å². The molecule has 0 saturated carbocycles. The van der Waals surface area contributed by atoms with Crippen molar-refractivity contribution < 1.29 is 14.9 Å². The first-order chi connectivity index (χ1) is 10.8. The Morgan fingerprint density at radius 2 is 1.50 bits per heavy atom. The molecule has 0 fully saturated rings. The second-order valence-electron chi connectivity index (χ2n) is 5.34. The van der Waals surface area contributed by atoms with Crippen molar-refractivity contribution in [3.8, 4) is 5.75 Å². The molecular formula is C19H24O3. The molecule has 2 aromatic carbocycles. The minimum absolute atomic E-state index is 0.257. The van der Waals surface area contributed by atoms with E-state index in [1.807, 2.05) is 54.6 Å². The van der Waals surface area contributed by atoms with E-state index in [1.54, 1.807) is 0 Å². The normalized spacial score (nSPS) is 12.1. The third-order valence-corrected chi connectivity index (χ3v) is 3.64. The number of hydrogen-bond donors (Lipinski definition) is 2. The third kappa shape index (κ3) is 4.86. The second-order valence-corrected chi connectivity index (χ2v) is 5.34. The van der Waals surface area contributed by atoms with E-state index in [-0.39, 0.29) is 6.61 Å². The molecule has 22 heavy (non-hydrogen) atoms. The van der Waals surface area contributed by atoms with Crippen LogP contribution in [0.15, 0.2) is 54.6 Å². The van der Waals surface area contributed by atoms with E-state index in [0.29, 0.717) is 6.61 Å². The molecule has 3 nitrogen and oxygen atoms in total. The predicted molar refractivity (Wildman–Crippen MR) is 88.0 cm³/mol. The van der Waals surface area contributed by atoms with E-state index >= 15 is 0 Å². The van der Waals surface area contributed by atoms with E-state index in [1.165, 1.54) is 0 Å². The average Bonchev–Trinajstić information content (AvgIpc) is 2.58. The first-order valence-electron chi connectivity index (χ1n) is 7.88. The van der Waals surface area contributed by atoms with Crippen LogP contribution in [0.25, 0.3) is 0 Å². The van der Waals surface area contributed by atoms with Crippen LogP contribution >= 0.6 is 0 Å². The number of para-hydroxylation sites is 1. The van der Waals surface area contributed by atoms with Crippen LogP contribution < -0.4 is 4.74 Å². The van der Waals surface area contributed by atoms with Crippen LogP contribution in [0.5, 0.6) is 5.75 Å². The molecule has 2 rings (SSSR count). The van der Waals surface area contributed by atoms with Gasteiger partial charge in [0.25, 0.3) is 0 Å². The Morgan fingerprint density at radius 3 is 2.27 bits per heavy atom. The molecule has 2 N–H and O–H groups in total. The molecule has 0 aromatic heterocycles. The molecule has 3 heteroatoms. The van der Waals surface area contributed by atoms with Gasteiger partial charge in [0.15, 0.2) is 0 Å². The zero-order valence-corrected chi connectivity index (χ0v) is 12.8. The zero-order chi connectivity index (χ0) is 15.6. The Labute approximate surface area is 132 Å². The molecule has 0 bridgehead atoms. The van der Waals surface area contributed by atoms with Gasteiger partial charge in [0, 0.05) is 12.2 Å². The van der Waals surface area contributed by atoms with Crippen LogP contribution in [0.3, 0.4) is 0 Å². The van der Waals surface area contributed by atoms with Crippen molar-refractivity contribution in [2.75, 3.05) is 13.2 Å².